The van der Waals surface area contributed by atoms with Gasteiger partial charge in [-0.2, -0.15) is 5.26 Å². The second-order valence-corrected chi connectivity index (χ2v) is 3.70. The number of nitriles is 1. The van der Waals surface area contributed by atoms with Gasteiger partial charge < -0.3 is 15.6 Å². The van der Waals surface area contributed by atoms with Crippen LogP contribution in [-0.2, 0) is 0 Å². The van der Waals surface area contributed by atoms with Crippen molar-refractivity contribution in [1.29, 1.82) is 5.26 Å². The van der Waals surface area contributed by atoms with Gasteiger partial charge in [0.1, 0.15) is 0 Å². The van der Waals surface area contributed by atoms with Crippen LogP contribution in [0.2, 0.25) is 0 Å². The molecular formula is C13H16N2O2. The summed E-state index contributed by atoms with van der Waals surface area (Å²) in [6.07, 6.45) is 3.18. The van der Waals surface area contributed by atoms with Gasteiger partial charge in [-0.3, -0.25) is 0 Å². The van der Waals surface area contributed by atoms with Gasteiger partial charge >= 0.3 is 0 Å². The second kappa shape index (κ2) is 5.92. The van der Waals surface area contributed by atoms with Crippen molar-refractivity contribution < 1.29 is 9.84 Å². The van der Waals surface area contributed by atoms with E-state index in [-0.39, 0.29) is 17.5 Å². The van der Waals surface area contributed by atoms with E-state index in [1.807, 2.05) is 6.07 Å². The molecule has 0 aliphatic rings. The molecule has 0 fully saturated rings. The largest absolute Gasteiger partial charge is 0.504 e. The molecule has 1 atom stereocenters. The number of rotatable bonds is 5. The highest BCUT2D eigenvalue weighted by atomic mass is 16.5. The Kier molecular flexibility index (Phi) is 4.56. The lowest BCUT2D eigenvalue weighted by molar-refractivity contribution is 0.368. The summed E-state index contributed by atoms with van der Waals surface area (Å²) < 4.78 is 5.01. The minimum absolute atomic E-state index is 0.00284. The minimum Gasteiger partial charge on any atom is -0.504 e. The summed E-state index contributed by atoms with van der Waals surface area (Å²) >= 11 is 0. The first-order valence-corrected chi connectivity index (χ1v) is 5.31. The predicted molar refractivity (Wildman–Crippen MR) is 65.7 cm³/mol. The molecule has 4 nitrogen and oxygen atoms in total. The predicted octanol–water partition coefficient (Wildman–Crippen LogP) is 2.24. The summed E-state index contributed by atoms with van der Waals surface area (Å²) in [5.41, 5.74) is 6.91. The number of methoxy groups -OCH3 is 1. The fraction of sp³-hybridized carbons (Fsp3) is 0.308. The highest BCUT2D eigenvalue weighted by Gasteiger charge is 2.16. The van der Waals surface area contributed by atoms with Crippen molar-refractivity contribution in [2.45, 2.75) is 18.9 Å². The van der Waals surface area contributed by atoms with E-state index < -0.39 is 0 Å². The number of phenolic OH excluding ortho intramolecular Hbond substituents is 1. The van der Waals surface area contributed by atoms with Crippen molar-refractivity contribution in [3.63, 3.8) is 0 Å². The molecule has 0 heterocycles. The van der Waals surface area contributed by atoms with Crippen LogP contribution in [0.15, 0.2) is 24.8 Å². The van der Waals surface area contributed by atoms with E-state index >= 15 is 0 Å². The molecule has 0 radical (unpaired) electrons. The van der Waals surface area contributed by atoms with E-state index in [1.54, 1.807) is 12.1 Å². The van der Waals surface area contributed by atoms with E-state index in [4.69, 9.17) is 15.7 Å². The number of aromatic hydroxyl groups is 1. The topological polar surface area (TPSA) is 79.3 Å². The fourth-order valence-electron chi connectivity index (χ4n) is 1.59. The van der Waals surface area contributed by atoms with Crippen LogP contribution in [0.4, 0.5) is 0 Å². The van der Waals surface area contributed by atoms with E-state index in [9.17, 15) is 5.11 Å². The van der Waals surface area contributed by atoms with Crippen molar-refractivity contribution in [2.75, 3.05) is 7.11 Å². The maximum absolute atomic E-state index is 9.94. The third-order valence-electron chi connectivity index (χ3n) is 2.53. The van der Waals surface area contributed by atoms with Crippen molar-refractivity contribution in [2.24, 2.45) is 5.73 Å². The van der Waals surface area contributed by atoms with Gasteiger partial charge in [-0.1, -0.05) is 6.08 Å². The standard InChI is InChI=1S/C13H16N2O2/c1-3-4-5-11(15)10-6-9(8-14)7-12(17-2)13(10)16/h3,6-7,11,16H,1,4-5,15H2,2H3/t11-/m0/s1. The fourth-order valence-corrected chi connectivity index (χ4v) is 1.59. The Morgan fingerprint density at radius 3 is 2.88 bits per heavy atom. The van der Waals surface area contributed by atoms with Gasteiger partial charge in [0, 0.05) is 17.7 Å². The summed E-state index contributed by atoms with van der Waals surface area (Å²) in [4.78, 5) is 0. The molecule has 90 valence electrons. The highest BCUT2D eigenvalue weighted by molar-refractivity contribution is 5.52. The molecule has 0 saturated heterocycles. The lowest BCUT2D eigenvalue weighted by Gasteiger charge is -2.15. The highest BCUT2D eigenvalue weighted by Crippen LogP contribution is 2.35. The van der Waals surface area contributed by atoms with Crippen molar-refractivity contribution in [3.05, 3.63) is 35.9 Å². The quantitative estimate of drug-likeness (QED) is 0.763. The monoisotopic (exact) mass is 232 g/mol. The molecule has 0 aliphatic heterocycles. The molecule has 0 saturated carbocycles. The second-order valence-electron chi connectivity index (χ2n) is 3.70. The van der Waals surface area contributed by atoms with E-state index in [0.29, 0.717) is 17.5 Å². The smallest absolute Gasteiger partial charge is 0.162 e. The maximum atomic E-state index is 9.94. The third-order valence-corrected chi connectivity index (χ3v) is 2.53. The molecule has 1 aromatic rings. The number of allylic oxidation sites excluding steroid dienone is 1. The molecule has 0 bridgehead atoms. The maximum Gasteiger partial charge on any atom is 0.162 e. The summed E-state index contributed by atoms with van der Waals surface area (Å²) in [6, 6.07) is 4.75. The van der Waals surface area contributed by atoms with Gasteiger partial charge in [0.2, 0.25) is 0 Å². The van der Waals surface area contributed by atoms with Crippen LogP contribution in [0.3, 0.4) is 0 Å². The number of phenols is 1. The molecule has 0 aromatic heterocycles. The zero-order chi connectivity index (χ0) is 12.8. The van der Waals surface area contributed by atoms with Crippen molar-refractivity contribution in [1.82, 2.24) is 0 Å². The van der Waals surface area contributed by atoms with E-state index in [1.165, 1.54) is 13.2 Å². The van der Waals surface area contributed by atoms with E-state index in [2.05, 4.69) is 6.58 Å². The number of hydrogen-bond donors (Lipinski definition) is 2. The average Bonchev–Trinajstić information content (AvgIpc) is 2.36. The van der Waals surface area contributed by atoms with Gasteiger partial charge in [0.05, 0.1) is 18.7 Å². The van der Waals surface area contributed by atoms with Crippen LogP contribution >= 0.6 is 0 Å². The summed E-state index contributed by atoms with van der Waals surface area (Å²) in [7, 11) is 1.44. The first kappa shape index (κ1) is 13.1. The molecule has 17 heavy (non-hydrogen) atoms. The number of ether oxygens (including phenoxy) is 1. The van der Waals surface area contributed by atoms with Gasteiger partial charge in [0.25, 0.3) is 0 Å². The Labute approximate surface area is 101 Å². The molecule has 0 aliphatic carbocycles. The summed E-state index contributed by atoms with van der Waals surface area (Å²) in [5.74, 6) is 0.274. The van der Waals surface area contributed by atoms with Gasteiger partial charge in [0.15, 0.2) is 11.5 Å². The van der Waals surface area contributed by atoms with Crippen LogP contribution in [0.25, 0.3) is 0 Å². The molecule has 1 rings (SSSR count). The lowest BCUT2D eigenvalue weighted by Crippen LogP contribution is -2.10. The number of hydrogen-bond acceptors (Lipinski definition) is 4. The SMILES string of the molecule is C=CCC[C@H](N)c1cc(C#N)cc(OC)c1O. The normalized spacial score (nSPS) is 11.6. The van der Waals surface area contributed by atoms with Crippen LogP contribution in [0, 0.1) is 11.3 Å². The Morgan fingerprint density at radius 1 is 1.65 bits per heavy atom. The molecule has 1 aromatic carbocycles. The van der Waals surface area contributed by atoms with Gasteiger partial charge in [-0.25, -0.2) is 0 Å². The summed E-state index contributed by atoms with van der Waals surface area (Å²) in [5, 5.41) is 18.8. The first-order valence-electron chi connectivity index (χ1n) is 5.31. The average molecular weight is 232 g/mol. The zero-order valence-electron chi connectivity index (χ0n) is 9.81. The Bertz CT molecular complexity index is 449. The third kappa shape index (κ3) is 2.99. The molecule has 3 N–H and O–H groups in total. The number of nitrogens with zero attached hydrogens (tertiary/aromatic N) is 1. The van der Waals surface area contributed by atoms with Gasteiger partial charge in [-0.15, -0.1) is 6.58 Å². The Balaban J connectivity index is 3.13. The zero-order valence-corrected chi connectivity index (χ0v) is 9.81. The van der Waals surface area contributed by atoms with Gasteiger partial charge in [-0.05, 0) is 18.9 Å². The van der Waals surface area contributed by atoms with E-state index in [0.717, 1.165) is 6.42 Å². The Hall–Kier alpha value is -1.99. The molecular weight excluding hydrogens is 216 g/mol. The van der Waals surface area contributed by atoms with Crippen molar-refractivity contribution >= 4 is 0 Å². The molecule has 0 amide bonds. The molecule has 0 spiro atoms. The van der Waals surface area contributed by atoms with Crippen LogP contribution in [-0.4, -0.2) is 12.2 Å². The number of benzene rings is 1. The van der Waals surface area contributed by atoms with Crippen molar-refractivity contribution in [3.8, 4) is 17.6 Å². The Morgan fingerprint density at radius 2 is 2.35 bits per heavy atom. The minimum atomic E-state index is -0.338. The molecule has 0 unspecified atom stereocenters. The molecule has 4 heteroatoms. The first-order chi connectivity index (χ1) is 8.13. The van der Waals surface area contributed by atoms with Crippen LogP contribution < -0.4 is 10.5 Å². The number of nitrogens with two attached hydrogens (primary N) is 1. The summed E-state index contributed by atoms with van der Waals surface area (Å²) in [6.45, 7) is 3.62. The lowest BCUT2D eigenvalue weighted by atomic mass is 9.99. The van der Waals surface area contributed by atoms with Crippen LogP contribution in [0.1, 0.15) is 30.0 Å². The van der Waals surface area contributed by atoms with Crippen LogP contribution in [0.5, 0.6) is 11.5 Å².